The minimum atomic E-state index is -0.0526. The standard InChI is InChI=1S/C15H14INO/c1-10(2)15(18)17(3)14-9-12-7-5-4-6-11(12)8-13(14)16/h4-9H,1H2,2-3H3. The average molecular weight is 351 g/mol. The summed E-state index contributed by atoms with van der Waals surface area (Å²) in [4.78, 5) is 13.6. The molecule has 18 heavy (non-hydrogen) atoms. The van der Waals surface area contributed by atoms with Gasteiger partial charge in [-0.2, -0.15) is 0 Å². The molecule has 0 fully saturated rings. The Morgan fingerprint density at radius 2 is 1.78 bits per heavy atom. The highest BCUT2D eigenvalue weighted by molar-refractivity contribution is 14.1. The molecule has 0 aliphatic heterocycles. The number of hydrogen-bond donors (Lipinski definition) is 0. The minimum Gasteiger partial charge on any atom is -0.311 e. The lowest BCUT2D eigenvalue weighted by Gasteiger charge is -2.19. The van der Waals surface area contributed by atoms with E-state index in [-0.39, 0.29) is 5.91 Å². The molecule has 2 aromatic rings. The van der Waals surface area contributed by atoms with E-state index in [9.17, 15) is 4.79 Å². The number of hydrogen-bond acceptors (Lipinski definition) is 1. The molecule has 0 bridgehead atoms. The van der Waals surface area contributed by atoms with Crippen molar-refractivity contribution in [1.29, 1.82) is 0 Å². The zero-order valence-electron chi connectivity index (χ0n) is 10.4. The van der Waals surface area contributed by atoms with Gasteiger partial charge in [-0.1, -0.05) is 30.8 Å². The molecule has 3 heteroatoms. The first kappa shape index (κ1) is 13.1. The van der Waals surface area contributed by atoms with Crippen LogP contribution < -0.4 is 4.90 Å². The second-order valence-electron chi connectivity index (χ2n) is 4.30. The Kier molecular flexibility index (Phi) is 3.71. The number of halogens is 1. The van der Waals surface area contributed by atoms with Gasteiger partial charge in [0.15, 0.2) is 0 Å². The molecular formula is C15H14INO. The lowest BCUT2D eigenvalue weighted by atomic mass is 10.1. The Hall–Kier alpha value is -1.36. The largest absolute Gasteiger partial charge is 0.311 e. The van der Waals surface area contributed by atoms with E-state index in [2.05, 4.69) is 41.3 Å². The fraction of sp³-hybridized carbons (Fsp3) is 0.133. The first-order chi connectivity index (χ1) is 8.50. The fourth-order valence-electron chi connectivity index (χ4n) is 1.85. The number of fused-ring (bicyclic) bond motifs is 1. The predicted octanol–water partition coefficient (Wildman–Crippen LogP) is 3.98. The first-order valence-corrected chi connectivity index (χ1v) is 6.70. The van der Waals surface area contributed by atoms with Crippen LogP contribution in [0.25, 0.3) is 10.8 Å². The van der Waals surface area contributed by atoms with E-state index in [0.29, 0.717) is 5.57 Å². The van der Waals surface area contributed by atoms with Gasteiger partial charge < -0.3 is 4.90 Å². The number of rotatable bonds is 2. The number of anilines is 1. The second-order valence-corrected chi connectivity index (χ2v) is 5.46. The van der Waals surface area contributed by atoms with Gasteiger partial charge >= 0.3 is 0 Å². The van der Waals surface area contributed by atoms with Crippen LogP contribution >= 0.6 is 22.6 Å². The van der Waals surface area contributed by atoms with E-state index in [1.807, 2.05) is 24.3 Å². The molecule has 1 amide bonds. The smallest absolute Gasteiger partial charge is 0.253 e. The Bertz CT molecular complexity index is 633. The van der Waals surface area contributed by atoms with Gasteiger partial charge in [-0.25, -0.2) is 0 Å². The van der Waals surface area contributed by atoms with Crippen molar-refractivity contribution in [2.24, 2.45) is 0 Å². The number of likely N-dealkylation sites (N-methyl/N-ethyl adjacent to an activating group) is 1. The number of carbonyl (C=O) groups is 1. The van der Waals surface area contributed by atoms with Crippen molar-refractivity contribution in [3.8, 4) is 0 Å². The van der Waals surface area contributed by atoms with Crippen LogP contribution in [0.15, 0.2) is 48.6 Å². The van der Waals surface area contributed by atoms with Crippen molar-refractivity contribution in [3.63, 3.8) is 0 Å². The highest BCUT2D eigenvalue weighted by atomic mass is 127. The summed E-state index contributed by atoms with van der Waals surface area (Å²) >= 11 is 2.26. The Labute approximate surface area is 120 Å². The SMILES string of the molecule is C=C(C)C(=O)N(C)c1cc2ccccc2cc1I. The quantitative estimate of drug-likeness (QED) is 0.592. The Balaban J connectivity index is 2.54. The molecule has 0 aromatic heterocycles. The van der Waals surface area contributed by atoms with Gasteiger partial charge in [0.25, 0.3) is 5.91 Å². The van der Waals surface area contributed by atoms with Gasteiger partial charge in [0, 0.05) is 16.2 Å². The van der Waals surface area contributed by atoms with Gasteiger partial charge in [-0.15, -0.1) is 0 Å². The van der Waals surface area contributed by atoms with Crippen LogP contribution in [0.3, 0.4) is 0 Å². The molecule has 0 aliphatic carbocycles. The Morgan fingerprint density at radius 1 is 1.22 bits per heavy atom. The number of amides is 1. The molecule has 0 heterocycles. The van der Waals surface area contributed by atoms with Gasteiger partial charge in [-0.3, -0.25) is 4.79 Å². The average Bonchev–Trinajstić information content (AvgIpc) is 2.36. The summed E-state index contributed by atoms with van der Waals surface area (Å²) in [6.45, 7) is 5.43. The molecule has 0 N–H and O–H groups in total. The van der Waals surface area contributed by atoms with Crippen molar-refractivity contribution in [1.82, 2.24) is 0 Å². The van der Waals surface area contributed by atoms with E-state index in [1.165, 1.54) is 5.39 Å². The molecule has 0 atom stereocenters. The van der Waals surface area contributed by atoms with Crippen molar-refractivity contribution in [3.05, 3.63) is 52.1 Å². The summed E-state index contributed by atoms with van der Waals surface area (Å²) in [5, 5.41) is 2.32. The third-order valence-electron chi connectivity index (χ3n) is 2.85. The van der Waals surface area contributed by atoms with Crippen LogP contribution in [0.2, 0.25) is 0 Å². The van der Waals surface area contributed by atoms with E-state index in [0.717, 1.165) is 14.6 Å². The van der Waals surface area contributed by atoms with Crippen LogP contribution in [0.4, 0.5) is 5.69 Å². The van der Waals surface area contributed by atoms with Gasteiger partial charge in [0.1, 0.15) is 0 Å². The zero-order valence-corrected chi connectivity index (χ0v) is 12.6. The van der Waals surface area contributed by atoms with Crippen LogP contribution in [-0.4, -0.2) is 13.0 Å². The van der Waals surface area contributed by atoms with Crippen molar-refractivity contribution in [2.75, 3.05) is 11.9 Å². The van der Waals surface area contributed by atoms with Crippen molar-refractivity contribution < 1.29 is 4.79 Å². The summed E-state index contributed by atoms with van der Waals surface area (Å²) < 4.78 is 1.06. The predicted molar refractivity (Wildman–Crippen MR) is 84.9 cm³/mol. The maximum Gasteiger partial charge on any atom is 0.253 e. The molecule has 92 valence electrons. The van der Waals surface area contributed by atoms with E-state index in [4.69, 9.17) is 0 Å². The molecule has 0 radical (unpaired) electrons. The molecule has 2 rings (SSSR count). The first-order valence-electron chi connectivity index (χ1n) is 5.62. The van der Waals surface area contributed by atoms with Crippen molar-refractivity contribution in [2.45, 2.75) is 6.92 Å². The molecule has 2 aromatic carbocycles. The molecule has 0 unspecified atom stereocenters. The molecular weight excluding hydrogens is 337 g/mol. The lowest BCUT2D eigenvalue weighted by Crippen LogP contribution is -2.27. The highest BCUT2D eigenvalue weighted by Crippen LogP contribution is 2.28. The van der Waals surface area contributed by atoms with Gasteiger partial charge in [0.05, 0.1) is 5.69 Å². The van der Waals surface area contributed by atoms with E-state index in [1.54, 1.807) is 18.9 Å². The summed E-state index contributed by atoms with van der Waals surface area (Å²) in [6, 6.07) is 12.3. The van der Waals surface area contributed by atoms with Crippen LogP contribution in [0, 0.1) is 3.57 Å². The molecule has 0 spiro atoms. The van der Waals surface area contributed by atoms with Crippen molar-refractivity contribution >= 4 is 45.0 Å². The highest BCUT2D eigenvalue weighted by Gasteiger charge is 2.14. The second kappa shape index (κ2) is 5.10. The summed E-state index contributed by atoms with van der Waals surface area (Å²) in [5.74, 6) is -0.0526. The van der Waals surface area contributed by atoms with Crippen LogP contribution in [0.5, 0.6) is 0 Å². The third-order valence-corrected chi connectivity index (χ3v) is 3.71. The zero-order chi connectivity index (χ0) is 13.3. The topological polar surface area (TPSA) is 20.3 Å². The fourth-order valence-corrected chi connectivity index (χ4v) is 2.71. The number of benzene rings is 2. The molecule has 2 nitrogen and oxygen atoms in total. The van der Waals surface area contributed by atoms with Crippen LogP contribution in [0.1, 0.15) is 6.92 Å². The van der Waals surface area contributed by atoms with Gasteiger partial charge in [-0.05, 0) is 52.4 Å². The summed E-state index contributed by atoms with van der Waals surface area (Å²) in [6.07, 6.45) is 0. The maximum atomic E-state index is 12.0. The molecule has 0 saturated heterocycles. The monoisotopic (exact) mass is 351 g/mol. The third kappa shape index (κ3) is 2.41. The molecule has 0 aliphatic rings. The lowest BCUT2D eigenvalue weighted by molar-refractivity contribution is -0.114. The number of nitrogens with zero attached hydrogens (tertiary/aromatic N) is 1. The summed E-state index contributed by atoms with van der Waals surface area (Å²) in [7, 11) is 1.78. The minimum absolute atomic E-state index is 0.0526. The van der Waals surface area contributed by atoms with E-state index < -0.39 is 0 Å². The van der Waals surface area contributed by atoms with E-state index >= 15 is 0 Å². The Morgan fingerprint density at radius 3 is 2.33 bits per heavy atom. The van der Waals surface area contributed by atoms with Gasteiger partial charge in [0.2, 0.25) is 0 Å². The maximum absolute atomic E-state index is 12.0. The molecule has 0 saturated carbocycles. The normalized spacial score (nSPS) is 10.4. The summed E-state index contributed by atoms with van der Waals surface area (Å²) in [5.41, 5.74) is 1.46. The van der Waals surface area contributed by atoms with Crippen LogP contribution in [-0.2, 0) is 4.79 Å². The number of carbonyl (C=O) groups excluding carboxylic acids is 1.